The zero-order chi connectivity index (χ0) is 13.2. The highest BCUT2D eigenvalue weighted by atomic mass is 32.1. The van der Waals surface area contributed by atoms with E-state index in [1.54, 1.807) is 0 Å². The molecule has 0 unspecified atom stereocenters. The van der Waals surface area contributed by atoms with Gasteiger partial charge in [-0.2, -0.15) is 0 Å². The maximum Gasteiger partial charge on any atom is 0.0784 e. The van der Waals surface area contributed by atoms with Gasteiger partial charge < -0.3 is 10.6 Å². The van der Waals surface area contributed by atoms with Gasteiger partial charge in [0, 0.05) is 37.6 Å². The summed E-state index contributed by atoms with van der Waals surface area (Å²) in [7, 11) is 0. The molecule has 1 saturated heterocycles. The summed E-state index contributed by atoms with van der Waals surface area (Å²) in [4.78, 5) is 5.91. The van der Waals surface area contributed by atoms with Crippen LogP contribution >= 0.6 is 12.2 Å². The van der Waals surface area contributed by atoms with E-state index in [4.69, 9.17) is 18.0 Å². The molecule has 18 heavy (non-hydrogen) atoms. The van der Waals surface area contributed by atoms with Gasteiger partial charge in [0.05, 0.1) is 4.99 Å². The van der Waals surface area contributed by atoms with Crippen molar-refractivity contribution in [3.63, 3.8) is 0 Å². The number of rotatable bonds is 6. The average molecular weight is 269 g/mol. The average Bonchev–Trinajstić information content (AvgIpc) is 3.13. The van der Waals surface area contributed by atoms with Crippen molar-refractivity contribution in [2.24, 2.45) is 11.1 Å². The lowest BCUT2D eigenvalue weighted by atomic mass is 9.88. The Bertz CT molecular complexity index is 291. The Labute approximate surface area is 117 Å². The molecular formula is C14H27N3S. The van der Waals surface area contributed by atoms with Crippen molar-refractivity contribution < 1.29 is 0 Å². The smallest absolute Gasteiger partial charge is 0.0784 e. The van der Waals surface area contributed by atoms with Crippen LogP contribution in [0.5, 0.6) is 0 Å². The van der Waals surface area contributed by atoms with Crippen molar-refractivity contribution in [2.75, 3.05) is 32.7 Å². The molecule has 104 valence electrons. The van der Waals surface area contributed by atoms with E-state index in [9.17, 15) is 0 Å². The summed E-state index contributed by atoms with van der Waals surface area (Å²) >= 11 is 5.11. The summed E-state index contributed by atoms with van der Waals surface area (Å²) in [6, 6.07) is 0.931. The van der Waals surface area contributed by atoms with Crippen LogP contribution in [0.1, 0.15) is 39.5 Å². The summed E-state index contributed by atoms with van der Waals surface area (Å²) in [5, 5.41) is 0. The van der Waals surface area contributed by atoms with E-state index in [0.717, 1.165) is 12.5 Å². The Kier molecular flexibility index (Phi) is 4.62. The van der Waals surface area contributed by atoms with E-state index in [1.807, 2.05) is 0 Å². The number of nitrogens with two attached hydrogens (primary N) is 1. The highest BCUT2D eigenvalue weighted by molar-refractivity contribution is 7.80. The Hall–Kier alpha value is -0.190. The van der Waals surface area contributed by atoms with Crippen LogP contribution < -0.4 is 5.73 Å². The van der Waals surface area contributed by atoms with E-state index in [-0.39, 0.29) is 5.41 Å². The van der Waals surface area contributed by atoms with Crippen LogP contribution in [0.15, 0.2) is 0 Å². The van der Waals surface area contributed by atoms with Gasteiger partial charge in [-0.1, -0.05) is 26.1 Å². The summed E-state index contributed by atoms with van der Waals surface area (Å²) in [6.45, 7) is 10.5. The summed E-state index contributed by atoms with van der Waals surface area (Å²) in [5.41, 5.74) is 5.78. The van der Waals surface area contributed by atoms with Crippen LogP contribution in [-0.4, -0.2) is 53.6 Å². The Morgan fingerprint density at radius 3 is 2.33 bits per heavy atom. The Balaban J connectivity index is 1.61. The predicted molar refractivity (Wildman–Crippen MR) is 80.8 cm³/mol. The Morgan fingerprint density at radius 1 is 1.22 bits per heavy atom. The first-order valence-corrected chi connectivity index (χ1v) is 7.66. The molecule has 0 radical (unpaired) electrons. The zero-order valence-electron chi connectivity index (χ0n) is 11.8. The van der Waals surface area contributed by atoms with Crippen molar-refractivity contribution in [1.82, 2.24) is 9.80 Å². The molecule has 0 aromatic rings. The van der Waals surface area contributed by atoms with Crippen LogP contribution in [0, 0.1) is 5.41 Å². The first-order chi connectivity index (χ1) is 8.49. The maximum atomic E-state index is 5.76. The third-order valence-corrected chi connectivity index (χ3v) is 4.97. The van der Waals surface area contributed by atoms with Gasteiger partial charge in [0.2, 0.25) is 0 Å². The number of thiocarbonyl (C=S) groups is 1. The number of hydrogen-bond donors (Lipinski definition) is 1. The second-order valence-corrected chi connectivity index (χ2v) is 6.90. The van der Waals surface area contributed by atoms with Gasteiger partial charge in [0.1, 0.15) is 0 Å². The molecule has 0 aromatic carbocycles. The molecule has 2 aliphatic rings. The van der Waals surface area contributed by atoms with Crippen LogP contribution in [-0.2, 0) is 0 Å². The van der Waals surface area contributed by atoms with E-state index >= 15 is 0 Å². The van der Waals surface area contributed by atoms with Crippen LogP contribution in [0.4, 0.5) is 0 Å². The minimum atomic E-state index is 0.0190. The largest absolute Gasteiger partial charge is 0.393 e. The number of piperazine rings is 1. The molecule has 3 nitrogen and oxygen atoms in total. The molecule has 1 aliphatic carbocycles. The number of hydrogen-bond acceptors (Lipinski definition) is 3. The molecule has 4 heteroatoms. The van der Waals surface area contributed by atoms with Gasteiger partial charge >= 0.3 is 0 Å². The molecule has 1 heterocycles. The summed E-state index contributed by atoms with van der Waals surface area (Å²) in [5.74, 6) is 0. The normalized spacial score (nSPS) is 23.2. The summed E-state index contributed by atoms with van der Waals surface area (Å²) in [6.07, 6.45) is 5.17. The van der Waals surface area contributed by atoms with Crippen LogP contribution in [0.3, 0.4) is 0 Å². The van der Waals surface area contributed by atoms with Gasteiger partial charge in [0.15, 0.2) is 0 Å². The predicted octanol–water partition coefficient (Wildman–Crippen LogP) is 1.86. The first-order valence-electron chi connectivity index (χ1n) is 7.25. The molecule has 1 saturated carbocycles. The molecule has 0 amide bonds. The molecule has 0 bridgehead atoms. The highest BCUT2D eigenvalue weighted by Crippen LogP contribution is 2.27. The van der Waals surface area contributed by atoms with E-state index in [0.29, 0.717) is 4.99 Å². The van der Waals surface area contributed by atoms with Crippen molar-refractivity contribution in [1.29, 1.82) is 0 Å². The van der Waals surface area contributed by atoms with Gasteiger partial charge in [0.25, 0.3) is 0 Å². The van der Waals surface area contributed by atoms with Crippen molar-refractivity contribution in [3.8, 4) is 0 Å². The fourth-order valence-corrected chi connectivity index (χ4v) is 2.76. The molecule has 2 N–H and O–H groups in total. The van der Waals surface area contributed by atoms with Gasteiger partial charge in [-0.3, -0.25) is 4.90 Å². The van der Waals surface area contributed by atoms with Gasteiger partial charge in [-0.25, -0.2) is 0 Å². The lowest BCUT2D eigenvalue weighted by Crippen LogP contribution is -2.47. The molecule has 0 spiro atoms. The lowest BCUT2D eigenvalue weighted by molar-refractivity contribution is 0.123. The van der Waals surface area contributed by atoms with Crippen LogP contribution in [0.25, 0.3) is 0 Å². The zero-order valence-corrected chi connectivity index (χ0v) is 12.6. The molecule has 0 aromatic heterocycles. The Morgan fingerprint density at radius 2 is 1.83 bits per heavy atom. The summed E-state index contributed by atoms with van der Waals surface area (Å²) < 4.78 is 0. The van der Waals surface area contributed by atoms with Crippen molar-refractivity contribution >= 4 is 17.2 Å². The van der Waals surface area contributed by atoms with E-state index in [2.05, 4.69) is 23.6 Å². The minimum absolute atomic E-state index is 0.0190. The second kappa shape index (κ2) is 5.85. The highest BCUT2D eigenvalue weighted by Gasteiger charge is 2.31. The molecule has 2 fully saturated rings. The van der Waals surface area contributed by atoms with E-state index < -0.39 is 0 Å². The SMILES string of the molecule is CC(C)(CCCN1CCN(C2CC2)CC1)C(N)=S. The molecule has 0 atom stereocenters. The molecule has 1 aliphatic heterocycles. The van der Waals surface area contributed by atoms with E-state index in [1.165, 1.54) is 52.0 Å². The van der Waals surface area contributed by atoms with Gasteiger partial charge in [-0.05, 0) is 32.2 Å². The molecule has 2 rings (SSSR count). The molecular weight excluding hydrogens is 242 g/mol. The monoisotopic (exact) mass is 269 g/mol. The number of nitrogens with zero attached hydrogens (tertiary/aromatic N) is 2. The minimum Gasteiger partial charge on any atom is -0.393 e. The third kappa shape index (κ3) is 3.90. The maximum absolute atomic E-state index is 5.76. The fourth-order valence-electron chi connectivity index (χ4n) is 2.66. The second-order valence-electron chi connectivity index (χ2n) is 6.46. The standard InChI is InChI=1S/C14H27N3S/c1-14(2,13(15)18)6-3-7-16-8-10-17(11-9-16)12-4-5-12/h12H,3-11H2,1-2H3,(H2,15,18). The van der Waals surface area contributed by atoms with Crippen molar-refractivity contribution in [3.05, 3.63) is 0 Å². The quantitative estimate of drug-likeness (QED) is 0.746. The first kappa shape index (κ1) is 14.2. The van der Waals surface area contributed by atoms with Crippen molar-refractivity contribution in [2.45, 2.75) is 45.6 Å². The fraction of sp³-hybridized carbons (Fsp3) is 0.929. The topological polar surface area (TPSA) is 32.5 Å². The third-order valence-electron chi connectivity index (χ3n) is 4.41. The van der Waals surface area contributed by atoms with Crippen LogP contribution in [0.2, 0.25) is 0 Å². The van der Waals surface area contributed by atoms with Gasteiger partial charge in [-0.15, -0.1) is 0 Å². The lowest BCUT2D eigenvalue weighted by Gasteiger charge is -2.35.